The molecule has 2 rings (SSSR count). The molecule has 1 aromatic heterocycles. The summed E-state index contributed by atoms with van der Waals surface area (Å²) in [5, 5.41) is 7.99. The average molecular weight is 322 g/mol. The number of hydrogen-bond acceptors (Lipinski definition) is 2. The van der Waals surface area contributed by atoms with Crippen LogP contribution in [0.5, 0.6) is 0 Å². The Hall–Kier alpha value is -1.13. The molecule has 0 fully saturated rings. The Balaban J connectivity index is 2.39. The van der Waals surface area contributed by atoms with Gasteiger partial charge in [-0.1, -0.05) is 41.1 Å². The van der Waals surface area contributed by atoms with Gasteiger partial charge in [-0.2, -0.15) is 5.10 Å². The van der Waals surface area contributed by atoms with E-state index in [4.69, 9.17) is 0 Å². The maximum Gasteiger partial charge on any atom is 0.0759 e. The van der Waals surface area contributed by atoms with Gasteiger partial charge in [-0.05, 0) is 37.6 Å². The van der Waals surface area contributed by atoms with Crippen molar-refractivity contribution < 1.29 is 0 Å². The van der Waals surface area contributed by atoms with Gasteiger partial charge in [0.15, 0.2) is 0 Å². The maximum absolute atomic E-state index is 4.38. The van der Waals surface area contributed by atoms with Crippen LogP contribution in [0.3, 0.4) is 0 Å². The van der Waals surface area contributed by atoms with E-state index in [0.29, 0.717) is 0 Å². The normalized spacial score (nSPS) is 12.6. The minimum Gasteiger partial charge on any atom is -0.305 e. The van der Waals surface area contributed by atoms with E-state index in [2.05, 4.69) is 64.5 Å². The summed E-state index contributed by atoms with van der Waals surface area (Å²) in [6.45, 7) is 6.17. The van der Waals surface area contributed by atoms with E-state index in [0.717, 1.165) is 24.0 Å². The summed E-state index contributed by atoms with van der Waals surface area (Å²) in [6, 6.07) is 10.6. The van der Waals surface area contributed by atoms with Gasteiger partial charge in [0.05, 0.1) is 11.7 Å². The Kier molecular flexibility index (Phi) is 5.16. The van der Waals surface area contributed by atoms with Crippen LogP contribution < -0.4 is 5.32 Å². The molecule has 3 nitrogen and oxygen atoms in total. The third kappa shape index (κ3) is 3.25. The van der Waals surface area contributed by atoms with Crippen molar-refractivity contribution in [1.82, 2.24) is 15.1 Å². The van der Waals surface area contributed by atoms with Crippen molar-refractivity contribution >= 4 is 15.9 Å². The number of nitrogens with zero attached hydrogens (tertiary/aromatic N) is 2. The molecule has 0 aliphatic heterocycles. The van der Waals surface area contributed by atoms with Crippen molar-refractivity contribution in [3.05, 3.63) is 52.3 Å². The molecule has 19 heavy (non-hydrogen) atoms. The first-order valence-electron chi connectivity index (χ1n) is 6.77. The number of hydrogen-bond donors (Lipinski definition) is 1. The molecule has 0 aliphatic carbocycles. The molecule has 1 N–H and O–H groups in total. The van der Waals surface area contributed by atoms with E-state index >= 15 is 0 Å². The number of aryl methyl sites for hydroxylation is 1. The fraction of sp³-hybridized carbons (Fsp3) is 0.400. The van der Waals surface area contributed by atoms with Crippen LogP contribution in [0.1, 0.15) is 37.6 Å². The molecule has 1 unspecified atom stereocenters. The first kappa shape index (κ1) is 14.3. The number of halogens is 1. The van der Waals surface area contributed by atoms with E-state index < -0.39 is 0 Å². The van der Waals surface area contributed by atoms with E-state index in [1.54, 1.807) is 0 Å². The lowest BCUT2D eigenvalue weighted by Gasteiger charge is -2.21. The molecule has 0 aliphatic rings. The predicted molar refractivity (Wildman–Crippen MR) is 82.2 cm³/mol. The molecule has 0 spiro atoms. The Bertz CT molecular complexity index is 522. The zero-order valence-electron chi connectivity index (χ0n) is 11.4. The summed E-state index contributed by atoms with van der Waals surface area (Å²) in [5.74, 6) is 0. The molecule has 0 bridgehead atoms. The molecular formula is C15H20BrN3. The molecule has 1 aromatic carbocycles. The summed E-state index contributed by atoms with van der Waals surface area (Å²) in [5.41, 5.74) is 2.47. The van der Waals surface area contributed by atoms with Crippen LogP contribution in [0.15, 0.2) is 41.0 Å². The van der Waals surface area contributed by atoms with Crippen LogP contribution in [-0.4, -0.2) is 16.3 Å². The fourth-order valence-corrected chi connectivity index (χ4v) is 2.74. The minimum absolute atomic E-state index is 0.179. The molecule has 1 heterocycles. The van der Waals surface area contributed by atoms with Crippen LogP contribution in [0.25, 0.3) is 0 Å². The number of rotatable bonds is 6. The zero-order chi connectivity index (χ0) is 13.7. The molecule has 1 atom stereocenters. The van der Waals surface area contributed by atoms with Gasteiger partial charge in [-0.25, -0.2) is 0 Å². The zero-order valence-corrected chi connectivity index (χ0v) is 13.0. The molecule has 0 saturated heterocycles. The number of benzene rings is 1. The van der Waals surface area contributed by atoms with E-state index in [9.17, 15) is 0 Å². The van der Waals surface area contributed by atoms with Gasteiger partial charge in [0, 0.05) is 17.2 Å². The monoisotopic (exact) mass is 321 g/mol. The van der Waals surface area contributed by atoms with Gasteiger partial charge in [0.2, 0.25) is 0 Å². The van der Waals surface area contributed by atoms with Crippen molar-refractivity contribution in [1.29, 1.82) is 0 Å². The van der Waals surface area contributed by atoms with Crippen molar-refractivity contribution in [2.24, 2.45) is 0 Å². The number of aromatic nitrogens is 2. The lowest BCUT2D eigenvalue weighted by atomic mass is 10.0. The molecular weight excluding hydrogens is 302 g/mol. The van der Waals surface area contributed by atoms with Gasteiger partial charge < -0.3 is 5.32 Å². The van der Waals surface area contributed by atoms with Gasteiger partial charge in [0.25, 0.3) is 0 Å². The van der Waals surface area contributed by atoms with Gasteiger partial charge in [-0.15, -0.1) is 0 Å². The highest BCUT2D eigenvalue weighted by Gasteiger charge is 2.19. The summed E-state index contributed by atoms with van der Waals surface area (Å²) in [7, 11) is 0. The molecule has 102 valence electrons. The van der Waals surface area contributed by atoms with Crippen molar-refractivity contribution in [3.63, 3.8) is 0 Å². The first-order valence-corrected chi connectivity index (χ1v) is 7.56. The SMILES string of the molecule is CCCNC(c1ccccc1Br)c1ccnn1CC. The molecule has 4 heteroatoms. The predicted octanol–water partition coefficient (Wildman–Crippen LogP) is 3.75. The lowest BCUT2D eigenvalue weighted by Crippen LogP contribution is -2.26. The second kappa shape index (κ2) is 6.87. The summed E-state index contributed by atoms with van der Waals surface area (Å²) >= 11 is 3.65. The van der Waals surface area contributed by atoms with Crippen LogP contribution in [0, 0.1) is 0 Å². The quantitative estimate of drug-likeness (QED) is 0.878. The molecule has 0 saturated carbocycles. The third-order valence-electron chi connectivity index (χ3n) is 3.16. The first-order chi connectivity index (χ1) is 9.27. The molecule has 0 radical (unpaired) electrons. The summed E-state index contributed by atoms with van der Waals surface area (Å²) in [4.78, 5) is 0. The van der Waals surface area contributed by atoms with E-state index in [-0.39, 0.29) is 6.04 Å². The van der Waals surface area contributed by atoms with E-state index in [1.807, 2.05) is 16.9 Å². The minimum atomic E-state index is 0.179. The third-order valence-corrected chi connectivity index (χ3v) is 3.88. The van der Waals surface area contributed by atoms with Gasteiger partial charge in [-0.3, -0.25) is 4.68 Å². The Morgan fingerprint density at radius 2 is 2.05 bits per heavy atom. The average Bonchev–Trinajstić information content (AvgIpc) is 2.89. The summed E-state index contributed by atoms with van der Waals surface area (Å²) in [6.07, 6.45) is 2.98. The van der Waals surface area contributed by atoms with Crippen LogP contribution in [-0.2, 0) is 6.54 Å². The number of nitrogens with one attached hydrogen (secondary N) is 1. The second-order valence-corrected chi connectivity index (χ2v) is 5.33. The highest BCUT2D eigenvalue weighted by Crippen LogP contribution is 2.28. The second-order valence-electron chi connectivity index (χ2n) is 4.48. The largest absolute Gasteiger partial charge is 0.305 e. The molecule has 2 aromatic rings. The maximum atomic E-state index is 4.38. The van der Waals surface area contributed by atoms with E-state index in [1.165, 1.54) is 11.3 Å². The van der Waals surface area contributed by atoms with Crippen LogP contribution >= 0.6 is 15.9 Å². The smallest absolute Gasteiger partial charge is 0.0759 e. The van der Waals surface area contributed by atoms with Gasteiger partial charge in [0.1, 0.15) is 0 Å². The van der Waals surface area contributed by atoms with Gasteiger partial charge >= 0.3 is 0 Å². The molecule has 0 amide bonds. The Morgan fingerprint density at radius 3 is 2.74 bits per heavy atom. The highest BCUT2D eigenvalue weighted by molar-refractivity contribution is 9.10. The summed E-state index contributed by atoms with van der Waals surface area (Å²) < 4.78 is 3.18. The van der Waals surface area contributed by atoms with Crippen LogP contribution in [0.2, 0.25) is 0 Å². The fourth-order valence-electron chi connectivity index (χ4n) is 2.22. The Labute approximate surface area is 123 Å². The van der Waals surface area contributed by atoms with Crippen molar-refractivity contribution in [2.45, 2.75) is 32.9 Å². The highest BCUT2D eigenvalue weighted by atomic mass is 79.9. The van der Waals surface area contributed by atoms with Crippen molar-refractivity contribution in [2.75, 3.05) is 6.54 Å². The standard InChI is InChI=1S/C15H20BrN3/c1-3-10-17-15(12-7-5-6-8-13(12)16)14-9-11-18-19(14)4-2/h5-9,11,15,17H,3-4,10H2,1-2H3. The van der Waals surface area contributed by atoms with Crippen LogP contribution in [0.4, 0.5) is 0 Å². The lowest BCUT2D eigenvalue weighted by molar-refractivity contribution is 0.528. The van der Waals surface area contributed by atoms with Crippen molar-refractivity contribution in [3.8, 4) is 0 Å². The topological polar surface area (TPSA) is 29.9 Å². The Morgan fingerprint density at radius 1 is 1.26 bits per heavy atom.